The second-order valence-electron chi connectivity index (χ2n) is 9.21. The molecule has 0 fully saturated rings. The van der Waals surface area contributed by atoms with Gasteiger partial charge in [-0.1, -0.05) is 48.5 Å². The van der Waals surface area contributed by atoms with Gasteiger partial charge in [0.15, 0.2) is 5.25 Å². The van der Waals surface area contributed by atoms with Gasteiger partial charge in [-0.25, -0.2) is 9.59 Å². The maximum Gasteiger partial charge on any atom is 0.407 e. The summed E-state index contributed by atoms with van der Waals surface area (Å²) in [4.78, 5) is 41.8. The van der Waals surface area contributed by atoms with Gasteiger partial charge < -0.3 is 30.4 Å². The lowest BCUT2D eigenvalue weighted by molar-refractivity contribution is -0.145. The summed E-state index contributed by atoms with van der Waals surface area (Å²) >= 11 is 0. The van der Waals surface area contributed by atoms with Crippen LogP contribution in [0.1, 0.15) is 17.0 Å². The van der Waals surface area contributed by atoms with Crippen LogP contribution in [0.25, 0.3) is 11.1 Å². The molecule has 0 radical (unpaired) electrons. The lowest BCUT2D eigenvalue weighted by Crippen LogP contribution is -2.51. The minimum absolute atomic E-state index is 0.113. The predicted molar refractivity (Wildman–Crippen MR) is 146 cm³/mol. The van der Waals surface area contributed by atoms with E-state index in [0.717, 1.165) is 34.4 Å². The lowest BCUT2D eigenvalue weighted by Gasteiger charge is -2.18. The van der Waals surface area contributed by atoms with Crippen molar-refractivity contribution in [2.24, 2.45) is 0 Å². The molecular weight excluding hydrogens is 614 g/mol. The van der Waals surface area contributed by atoms with E-state index in [9.17, 15) is 50.5 Å². The fraction of sp³-hybridized carbons (Fsp3) is 0.240. The lowest BCUT2D eigenvalue weighted by atomic mass is 9.98. The van der Waals surface area contributed by atoms with Crippen LogP contribution in [-0.4, -0.2) is 89.1 Å². The fourth-order valence-corrected chi connectivity index (χ4v) is 5.65. The van der Waals surface area contributed by atoms with Gasteiger partial charge in [0.05, 0.1) is 0 Å². The number of aromatic hydroxyl groups is 2. The van der Waals surface area contributed by atoms with E-state index in [1.165, 1.54) is 0 Å². The van der Waals surface area contributed by atoms with Gasteiger partial charge in [0.25, 0.3) is 20.2 Å². The normalized spacial score (nSPS) is 14.2. The minimum atomic E-state index is -5.30. The molecule has 3 aromatic rings. The Labute approximate surface area is 244 Å². The monoisotopic (exact) mass is 639 g/mol. The van der Waals surface area contributed by atoms with Crippen LogP contribution in [0.2, 0.25) is 0 Å². The number of hydrogen-bond donors (Lipinski definition) is 6. The predicted octanol–water partition coefficient (Wildman–Crippen LogP) is 0.0222. The van der Waals surface area contributed by atoms with Crippen molar-refractivity contribution >= 4 is 38.2 Å². The number of aromatic nitrogens is 1. The van der Waals surface area contributed by atoms with Gasteiger partial charge >= 0.3 is 12.1 Å². The summed E-state index contributed by atoms with van der Waals surface area (Å²) in [5.41, 5.74) is 3.73. The van der Waals surface area contributed by atoms with Crippen LogP contribution in [0, 0.1) is 0 Å². The maximum absolute atomic E-state index is 12.6. The zero-order valence-corrected chi connectivity index (χ0v) is 23.5. The van der Waals surface area contributed by atoms with E-state index in [1.54, 1.807) is 5.32 Å². The first-order chi connectivity index (χ1) is 20.2. The van der Waals surface area contributed by atoms with Gasteiger partial charge in [-0.15, -0.1) is 4.73 Å². The van der Waals surface area contributed by atoms with Crippen LogP contribution in [0.3, 0.4) is 0 Å². The molecule has 2 amide bonds. The number of nitrogens with one attached hydrogen (secondary N) is 2. The van der Waals surface area contributed by atoms with Crippen molar-refractivity contribution in [1.29, 1.82) is 0 Å². The Bertz CT molecular complexity index is 1700. The van der Waals surface area contributed by atoms with Gasteiger partial charge in [-0.2, -0.15) is 16.8 Å². The van der Waals surface area contributed by atoms with Gasteiger partial charge in [0, 0.05) is 31.1 Å². The number of fused-ring (bicyclic) bond motifs is 3. The number of carbonyl (C=O) groups is 3. The largest absolute Gasteiger partial charge is 0.492 e. The molecule has 1 heterocycles. The van der Waals surface area contributed by atoms with Gasteiger partial charge in [-0.05, 0) is 22.3 Å². The van der Waals surface area contributed by atoms with Gasteiger partial charge in [0.1, 0.15) is 6.61 Å². The molecular formula is C25H25N3O13S2. The minimum Gasteiger partial charge on any atom is -0.492 e. The van der Waals surface area contributed by atoms with Crippen LogP contribution in [-0.2, 0) is 34.6 Å². The quantitative estimate of drug-likeness (QED) is 0.152. The molecule has 16 nitrogen and oxygen atoms in total. The molecule has 230 valence electrons. The van der Waals surface area contributed by atoms with Crippen molar-refractivity contribution in [1.82, 2.24) is 15.4 Å². The van der Waals surface area contributed by atoms with Crippen molar-refractivity contribution in [3.8, 4) is 22.9 Å². The van der Waals surface area contributed by atoms with E-state index in [4.69, 9.17) is 4.74 Å². The Kier molecular flexibility index (Phi) is 8.95. The smallest absolute Gasteiger partial charge is 0.407 e. The fourth-order valence-electron chi connectivity index (χ4n) is 4.42. The van der Waals surface area contributed by atoms with Crippen molar-refractivity contribution in [2.75, 3.05) is 19.7 Å². The number of alkyl carbamates (subject to hydrolysis) is 1. The zero-order chi connectivity index (χ0) is 31.5. The Balaban J connectivity index is 1.37. The number of amides is 2. The maximum atomic E-state index is 12.6. The van der Waals surface area contributed by atoms with E-state index < -0.39 is 73.6 Å². The molecule has 1 aromatic heterocycles. The molecule has 0 saturated carbocycles. The third-order valence-corrected chi connectivity index (χ3v) is 8.67. The summed E-state index contributed by atoms with van der Waals surface area (Å²) < 4.78 is 71.5. The highest BCUT2D eigenvalue weighted by molar-refractivity contribution is 7.87. The summed E-state index contributed by atoms with van der Waals surface area (Å²) in [6, 6.07) is 16.7. The van der Waals surface area contributed by atoms with E-state index in [0.29, 0.717) is 0 Å². The highest BCUT2D eigenvalue weighted by Crippen LogP contribution is 2.44. The number of rotatable bonds is 11. The number of hydrogen-bond acceptors (Lipinski definition) is 11. The molecule has 18 heteroatoms. The molecule has 0 spiro atoms. The first-order valence-electron chi connectivity index (χ1n) is 12.3. The average molecular weight is 640 g/mol. The Morgan fingerprint density at radius 1 is 0.767 bits per heavy atom. The third-order valence-electron chi connectivity index (χ3n) is 6.49. The number of benzene rings is 2. The van der Waals surface area contributed by atoms with Crippen molar-refractivity contribution in [3.05, 3.63) is 71.8 Å². The van der Waals surface area contributed by atoms with Crippen LogP contribution in [0.4, 0.5) is 4.79 Å². The third kappa shape index (κ3) is 7.05. The van der Waals surface area contributed by atoms with Crippen LogP contribution < -0.4 is 15.5 Å². The van der Waals surface area contributed by atoms with Crippen molar-refractivity contribution in [3.63, 3.8) is 0 Å². The highest BCUT2D eigenvalue weighted by Gasteiger charge is 2.38. The van der Waals surface area contributed by atoms with E-state index in [2.05, 4.69) is 4.84 Å². The summed E-state index contributed by atoms with van der Waals surface area (Å²) in [7, 11) is -10.5. The molecule has 2 aromatic carbocycles. The Morgan fingerprint density at radius 2 is 1.26 bits per heavy atom. The van der Waals surface area contributed by atoms with Crippen molar-refractivity contribution < 1.29 is 60.1 Å². The molecule has 6 N–H and O–H groups in total. The standard InChI is InChI=1S/C25H25N3O13S2/c29-21-9-10-22(30)28(21)41-24(32)20(43(37,38)39)12-26-23(31)19(42(34,35)36)11-27-25(33)40-13-18-16-7-3-1-5-14(16)15-6-2-4-8-17(15)18/h1-10,18-20,29-30H,11-13H2,(H,26,31)(H,27,33)(H,34,35,36)(H,37,38,39). The molecule has 1 aliphatic rings. The first kappa shape index (κ1) is 31.3. The van der Waals surface area contributed by atoms with Gasteiger partial charge in [0.2, 0.25) is 22.9 Å². The first-order valence-corrected chi connectivity index (χ1v) is 15.3. The molecule has 0 aliphatic heterocycles. The Hall–Kier alpha value is -4.65. The van der Waals surface area contributed by atoms with Crippen molar-refractivity contribution in [2.45, 2.75) is 16.4 Å². The summed E-state index contributed by atoms with van der Waals surface area (Å²) in [5.74, 6) is -5.32. The summed E-state index contributed by atoms with van der Waals surface area (Å²) in [6.07, 6.45) is -1.13. The molecule has 43 heavy (non-hydrogen) atoms. The van der Waals surface area contributed by atoms with E-state index in [1.807, 2.05) is 53.8 Å². The SMILES string of the molecule is O=C(NCC(C(=O)NCC(C(=O)On1c(O)ccc1O)S(=O)(=O)O)S(=O)(=O)O)OCC1c2ccccc2-c2ccccc21. The summed E-state index contributed by atoms with van der Waals surface area (Å²) in [6.45, 7) is -2.43. The van der Waals surface area contributed by atoms with Crippen LogP contribution in [0.15, 0.2) is 60.7 Å². The van der Waals surface area contributed by atoms with E-state index >= 15 is 0 Å². The van der Waals surface area contributed by atoms with Crippen LogP contribution in [0.5, 0.6) is 11.8 Å². The van der Waals surface area contributed by atoms with E-state index in [-0.39, 0.29) is 17.3 Å². The molecule has 0 saturated heterocycles. The van der Waals surface area contributed by atoms with Crippen LogP contribution >= 0.6 is 0 Å². The molecule has 4 rings (SSSR count). The second-order valence-corrected chi connectivity index (χ2v) is 12.4. The molecule has 2 unspecified atom stereocenters. The number of carbonyl (C=O) groups excluding carboxylic acids is 3. The molecule has 0 bridgehead atoms. The Morgan fingerprint density at radius 3 is 1.77 bits per heavy atom. The average Bonchev–Trinajstić information content (AvgIpc) is 3.42. The summed E-state index contributed by atoms with van der Waals surface area (Å²) in [5, 5.41) is 17.9. The highest BCUT2D eigenvalue weighted by atomic mass is 32.2. The van der Waals surface area contributed by atoms with Gasteiger partial charge in [-0.3, -0.25) is 13.9 Å². The second kappa shape index (κ2) is 12.3. The zero-order valence-electron chi connectivity index (χ0n) is 21.9. The number of ether oxygens (including phenoxy) is 1. The topological polar surface area (TPSA) is 248 Å². The molecule has 2 atom stereocenters. The molecule has 1 aliphatic carbocycles. The number of nitrogens with zero attached hydrogens (tertiary/aromatic N) is 1.